The molecule has 5 nitrogen and oxygen atoms in total. The summed E-state index contributed by atoms with van der Waals surface area (Å²) in [4.78, 5) is 24.4. The molecule has 114 valence electrons. The number of ether oxygens (including phenoxy) is 1. The standard InChI is InChI=1S/C15H18FNO4/c1-15(13(18)19)10-17(8-7-12(15)16)14(20)21-9-11-5-3-2-4-6-11/h2-6,12H,7-10H2,1H3,(H,18,19)/t12-,15-/m1/s1. The van der Waals surface area contributed by atoms with Crippen molar-refractivity contribution in [2.45, 2.75) is 26.1 Å². The number of alkyl halides is 1. The quantitative estimate of drug-likeness (QED) is 0.930. The predicted molar refractivity (Wildman–Crippen MR) is 73.5 cm³/mol. The third-order valence-corrected chi connectivity index (χ3v) is 3.82. The van der Waals surface area contributed by atoms with Gasteiger partial charge in [-0.2, -0.15) is 0 Å². The average molecular weight is 295 g/mol. The van der Waals surface area contributed by atoms with Gasteiger partial charge in [-0.15, -0.1) is 0 Å². The van der Waals surface area contributed by atoms with Crippen LogP contribution in [0, 0.1) is 5.41 Å². The lowest BCUT2D eigenvalue weighted by atomic mass is 9.80. The Morgan fingerprint density at radius 2 is 2.10 bits per heavy atom. The van der Waals surface area contributed by atoms with E-state index in [0.717, 1.165) is 5.56 Å². The van der Waals surface area contributed by atoms with Gasteiger partial charge in [-0.3, -0.25) is 4.79 Å². The van der Waals surface area contributed by atoms with E-state index in [0.29, 0.717) is 0 Å². The fourth-order valence-corrected chi connectivity index (χ4v) is 2.33. The zero-order valence-electron chi connectivity index (χ0n) is 11.8. The van der Waals surface area contributed by atoms with Gasteiger partial charge in [0, 0.05) is 13.1 Å². The number of benzene rings is 1. The Hall–Kier alpha value is -2.11. The molecule has 1 heterocycles. The lowest BCUT2D eigenvalue weighted by Gasteiger charge is -2.39. The summed E-state index contributed by atoms with van der Waals surface area (Å²) in [5.41, 5.74) is -0.739. The van der Waals surface area contributed by atoms with Crippen LogP contribution in [0.25, 0.3) is 0 Å². The number of carbonyl (C=O) groups excluding carboxylic acids is 1. The first-order valence-electron chi connectivity index (χ1n) is 6.76. The minimum Gasteiger partial charge on any atom is -0.481 e. The van der Waals surface area contributed by atoms with Gasteiger partial charge in [-0.25, -0.2) is 9.18 Å². The van der Waals surface area contributed by atoms with Gasteiger partial charge in [0.2, 0.25) is 0 Å². The molecule has 0 aromatic heterocycles. The van der Waals surface area contributed by atoms with Crippen LogP contribution in [0.4, 0.5) is 9.18 Å². The monoisotopic (exact) mass is 295 g/mol. The lowest BCUT2D eigenvalue weighted by molar-refractivity contribution is -0.155. The van der Waals surface area contributed by atoms with Crippen molar-refractivity contribution < 1.29 is 23.8 Å². The molecule has 1 aliphatic rings. The molecule has 6 heteroatoms. The second-order valence-corrected chi connectivity index (χ2v) is 5.44. The molecule has 0 saturated carbocycles. The number of hydrogen-bond acceptors (Lipinski definition) is 3. The first-order chi connectivity index (χ1) is 9.93. The minimum atomic E-state index is -1.58. The number of carboxylic acids is 1. The van der Waals surface area contributed by atoms with E-state index in [1.54, 1.807) is 0 Å². The lowest BCUT2D eigenvalue weighted by Crippen LogP contribution is -2.54. The largest absolute Gasteiger partial charge is 0.481 e. The molecular formula is C15H18FNO4. The van der Waals surface area contributed by atoms with Crippen LogP contribution in [0.2, 0.25) is 0 Å². The maximum absolute atomic E-state index is 13.8. The van der Waals surface area contributed by atoms with Crippen molar-refractivity contribution in [2.75, 3.05) is 13.1 Å². The summed E-state index contributed by atoms with van der Waals surface area (Å²) < 4.78 is 19.0. The van der Waals surface area contributed by atoms with Crippen LogP contribution < -0.4 is 0 Å². The van der Waals surface area contributed by atoms with E-state index in [2.05, 4.69) is 0 Å². The Bertz CT molecular complexity index is 522. The van der Waals surface area contributed by atoms with Gasteiger partial charge in [0.1, 0.15) is 18.2 Å². The summed E-state index contributed by atoms with van der Waals surface area (Å²) >= 11 is 0. The van der Waals surface area contributed by atoms with Crippen LogP contribution in [0.3, 0.4) is 0 Å². The molecule has 2 atom stereocenters. The van der Waals surface area contributed by atoms with E-state index >= 15 is 0 Å². The highest BCUT2D eigenvalue weighted by molar-refractivity contribution is 5.77. The normalized spacial score (nSPS) is 25.4. The van der Waals surface area contributed by atoms with E-state index in [-0.39, 0.29) is 26.1 Å². The number of carbonyl (C=O) groups is 2. The third kappa shape index (κ3) is 3.32. The van der Waals surface area contributed by atoms with E-state index in [9.17, 15) is 14.0 Å². The molecule has 1 fully saturated rings. The number of likely N-dealkylation sites (tertiary alicyclic amines) is 1. The van der Waals surface area contributed by atoms with Crippen LogP contribution in [0.1, 0.15) is 18.9 Å². The molecule has 0 unspecified atom stereocenters. The Balaban J connectivity index is 1.95. The van der Waals surface area contributed by atoms with Gasteiger partial charge >= 0.3 is 12.1 Å². The number of hydrogen-bond donors (Lipinski definition) is 1. The molecule has 0 spiro atoms. The van der Waals surface area contributed by atoms with Crippen molar-refractivity contribution in [1.82, 2.24) is 4.90 Å². The SMILES string of the molecule is C[C@@]1(C(=O)O)CN(C(=O)OCc2ccccc2)CC[C@H]1F. The molecule has 1 aliphatic heterocycles. The van der Waals surface area contributed by atoms with Gasteiger partial charge in [0.15, 0.2) is 0 Å². The second kappa shape index (κ2) is 6.11. The molecule has 0 bridgehead atoms. The van der Waals surface area contributed by atoms with E-state index in [4.69, 9.17) is 9.84 Å². The molecule has 1 aromatic rings. The molecular weight excluding hydrogens is 277 g/mol. The maximum Gasteiger partial charge on any atom is 0.410 e. The van der Waals surface area contributed by atoms with Crippen molar-refractivity contribution in [3.05, 3.63) is 35.9 Å². The van der Waals surface area contributed by atoms with Crippen LogP contribution >= 0.6 is 0 Å². The number of carboxylic acid groups (broad SMARTS) is 1. The summed E-state index contributed by atoms with van der Waals surface area (Å²) in [6, 6.07) is 9.17. The number of halogens is 1. The summed E-state index contributed by atoms with van der Waals surface area (Å²) in [5.74, 6) is -1.24. The predicted octanol–water partition coefficient (Wildman–Crippen LogP) is 2.46. The fraction of sp³-hybridized carbons (Fsp3) is 0.467. The average Bonchev–Trinajstić information content (AvgIpc) is 2.48. The van der Waals surface area contributed by atoms with Crippen LogP contribution in [-0.2, 0) is 16.1 Å². The smallest absolute Gasteiger partial charge is 0.410 e. The molecule has 1 saturated heterocycles. The maximum atomic E-state index is 13.8. The zero-order chi connectivity index (χ0) is 15.5. The fourth-order valence-electron chi connectivity index (χ4n) is 2.33. The van der Waals surface area contributed by atoms with E-state index in [1.165, 1.54) is 11.8 Å². The minimum absolute atomic E-state index is 0.00321. The topological polar surface area (TPSA) is 66.8 Å². The van der Waals surface area contributed by atoms with Gasteiger partial charge in [0.05, 0.1) is 0 Å². The molecule has 1 N–H and O–H groups in total. The van der Waals surface area contributed by atoms with Gasteiger partial charge in [0.25, 0.3) is 0 Å². The Morgan fingerprint density at radius 1 is 1.43 bits per heavy atom. The van der Waals surface area contributed by atoms with E-state index in [1.807, 2.05) is 30.3 Å². The summed E-state index contributed by atoms with van der Waals surface area (Å²) in [5, 5.41) is 9.16. The number of piperidine rings is 1. The number of amides is 1. The number of rotatable bonds is 3. The van der Waals surface area contributed by atoms with Crippen molar-refractivity contribution >= 4 is 12.1 Å². The molecule has 1 amide bonds. The highest BCUT2D eigenvalue weighted by atomic mass is 19.1. The highest BCUT2D eigenvalue weighted by Gasteiger charge is 2.47. The van der Waals surface area contributed by atoms with Gasteiger partial charge in [-0.1, -0.05) is 30.3 Å². The van der Waals surface area contributed by atoms with Crippen molar-refractivity contribution in [3.8, 4) is 0 Å². The second-order valence-electron chi connectivity index (χ2n) is 5.44. The van der Waals surface area contributed by atoms with Crippen molar-refractivity contribution in [1.29, 1.82) is 0 Å². The third-order valence-electron chi connectivity index (χ3n) is 3.82. The van der Waals surface area contributed by atoms with E-state index < -0.39 is 23.6 Å². The van der Waals surface area contributed by atoms with Crippen molar-refractivity contribution in [3.63, 3.8) is 0 Å². The zero-order valence-corrected chi connectivity index (χ0v) is 11.8. The summed E-state index contributed by atoms with van der Waals surface area (Å²) in [6.07, 6.45) is -2.07. The van der Waals surface area contributed by atoms with Crippen LogP contribution in [0.15, 0.2) is 30.3 Å². The Labute approximate surface area is 122 Å². The Kier molecular flexibility index (Phi) is 4.45. The number of nitrogens with zero attached hydrogens (tertiary/aromatic N) is 1. The molecule has 0 radical (unpaired) electrons. The summed E-state index contributed by atoms with van der Waals surface area (Å²) in [7, 11) is 0. The van der Waals surface area contributed by atoms with Crippen molar-refractivity contribution in [2.24, 2.45) is 5.41 Å². The number of aliphatic carboxylic acids is 1. The first-order valence-corrected chi connectivity index (χ1v) is 6.76. The van der Waals surface area contributed by atoms with Crippen LogP contribution in [0.5, 0.6) is 0 Å². The highest BCUT2D eigenvalue weighted by Crippen LogP contribution is 2.33. The Morgan fingerprint density at radius 3 is 2.71 bits per heavy atom. The molecule has 0 aliphatic carbocycles. The van der Waals surface area contributed by atoms with Crippen LogP contribution in [-0.4, -0.2) is 41.3 Å². The summed E-state index contributed by atoms with van der Waals surface area (Å²) in [6.45, 7) is 1.41. The molecule has 21 heavy (non-hydrogen) atoms. The molecule has 1 aromatic carbocycles. The first kappa shape index (κ1) is 15.3. The van der Waals surface area contributed by atoms with Gasteiger partial charge in [-0.05, 0) is 18.9 Å². The molecule has 2 rings (SSSR count). The van der Waals surface area contributed by atoms with Gasteiger partial charge < -0.3 is 14.7 Å².